The largest absolute Gasteiger partial charge is 0.324 e. The van der Waals surface area contributed by atoms with Crippen LogP contribution in [-0.2, 0) is 11.3 Å². The highest BCUT2D eigenvalue weighted by atomic mass is 32.1. The number of carbonyl (C=O) groups excluding carboxylic acids is 1. The molecule has 2 heterocycles. The Hall–Kier alpha value is -2.67. The number of rotatable bonds is 4. The molecule has 1 amide bonds. The Bertz CT molecular complexity index is 892. The standard InChI is InChI=1S/C16H17N5OS/c1-12-6-5-7-14(13(12)2)18-15(22)10-20-16(23)21(11-17-20)19-8-3-4-9-19/h3-9,11H,10H2,1-2H3,(H,18,22). The quantitative estimate of drug-likeness (QED) is 0.750. The van der Waals surface area contributed by atoms with Gasteiger partial charge in [-0.1, -0.05) is 12.1 Å². The molecule has 0 saturated carbocycles. The summed E-state index contributed by atoms with van der Waals surface area (Å²) in [6.07, 6.45) is 5.31. The highest BCUT2D eigenvalue weighted by Gasteiger charge is 2.10. The summed E-state index contributed by atoms with van der Waals surface area (Å²) in [5, 5.41) is 7.10. The van der Waals surface area contributed by atoms with E-state index in [1.165, 1.54) is 4.68 Å². The number of hydrogen-bond acceptors (Lipinski definition) is 3. The summed E-state index contributed by atoms with van der Waals surface area (Å²) in [5.74, 6) is -0.160. The summed E-state index contributed by atoms with van der Waals surface area (Å²) in [7, 11) is 0. The fourth-order valence-corrected chi connectivity index (χ4v) is 2.53. The predicted octanol–water partition coefficient (Wildman–Crippen LogP) is 2.78. The van der Waals surface area contributed by atoms with Crippen molar-refractivity contribution in [1.29, 1.82) is 0 Å². The molecule has 7 heteroatoms. The minimum Gasteiger partial charge on any atom is -0.324 e. The topological polar surface area (TPSA) is 56.8 Å². The first kappa shape index (κ1) is 15.2. The van der Waals surface area contributed by atoms with Gasteiger partial charge < -0.3 is 5.32 Å². The molecule has 0 radical (unpaired) electrons. The van der Waals surface area contributed by atoms with E-state index in [1.54, 1.807) is 15.7 Å². The summed E-state index contributed by atoms with van der Waals surface area (Å²) in [6.45, 7) is 4.07. The van der Waals surface area contributed by atoms with Crippen molar-refractivity contribution in [1.82, 2.24) is 19.1 Å². The maximum atomic E-state index is 12.3. The van der Waals surface area contributed by atoms with Crippen molar-refractivity contribution >= 4 is 23.8 Å². The molecule has 3 rings (SSSR count). The van der Waals surface area contributed by atoms with E-state index in [4.69, 9.17) is 12.2 Å². The first-order valence-electron chi connectivity index (χ1n) is 7.20. The van der Waals surface area contributed by atoms with E-state index in [9.17, 15) is 4.79 Å². The number of hydrogen-bond donors (Lipinski definition) is 1. The Balaban J connectivity index is 1.76. The molecule has 2 aromatic heterocycles. The molecule has 118 valence electrons. The van der Waals surface area contributed by atoms with E-state index in [2.05, 4.69) is 10.4 Å². The monoisotopic (exact) mass is 327 g/mol. The smallest absolute Gasteiger partial charge is 0.246 e. The number of aromatic nitrogens is 4. The summed E-state index contributed by atoms with van der Waals surface area (Å²) in [6, 6.07) is 9.61. The zero-order chi connectivity index (χ0) is 16.4. The molecule has 6 nitrogen and oxygen atoms in total. The van der Waals surface area contributed by atoms with Gasteiger partial charge in [0.1, 0.15) is 12.9 Å². The second-order valence-electron chi connectivity index (χ2n) is 5.27. The number of anilines is 1. The van der Waals surface area contributed by atoms with Crippen LogP contribution in [0.2, 0.25) is 0 Å². The number of nitrogens with one attached hydrogen (secondary N) is 1. The van der Waals surface area contributed by atoms with Crippen LogP contribution in [0.3, 0.4) is 0 Å². The van der Waals surface area contributed by atoms with Gasteiger partial charge in [0.15, 0.2) is 0 Å². The first-order chi connectivity index (χ1) is 11.1. The summed E-state index contributed by atoms with van der Waals surface area (Å²) in [4.78, 5) is 12.3. The SMILES string of the molecule is Cc1cccc(NC(=O)Cn2ncn(-n3cccc3)c2=S)c1C. The van der Waals surface area contributed by atoms with Gasteiger partial charge in [-0.3, -0.25) is 9.47 Å². The van der Waals surface area contributed by atoms with Crippen molar-refractivity contribution in [3.05, 3.63) is 65.0 Å². The van der Waals surface area contributed by atoms with Crippen molar-refractivity contribution in [2.75, 3.05) is 5.32 Å². The molecule has 0 spiro atoms. The molecule has 1 N–H and O–H groups in total. The lowest BCUT2D eigenvalue weighted by molar-refractivity contribution is -0.116. The molecule has 0 aliphatic heterocycles. The van der Waals surface area contributed by atoms with Gasteiger partial charge in [0.25, 0.3) is 0 Å². The minimum absolute atomic E-state index is 0.0699. The van der Waals surface area contributed by atoms with Crippen molar-refractivity contribution in [3.63, 3.8) is 0 Å². The maximum Gasteiger partial charge on any atom is 0.246 e. The van der Waals surface area contributed by atoms with Crippen molar-refractivity contribution in [3.8, 4) is 0 Å². The van der Waals surface area contributed by atoms with Crippen LogP contribution in [0, 0.1) is 18.6 Å². The Labute approximate surface area is 139 Å². The number of benzene rings is 1. The van der Waals surface area contributed by atoms with Crippen LogP contribution in [0.5, 0.6) is 0 Å². The third kappa shape index (κ3) is 3.09. The predicted molar refractivity (Wildman–Crippen MR) is 90.8 cm³/mol. The lowest BCUT2D eigenvalue weighted by atomic mass is 10.1. The summed E-state index contributed by atoms with van der Waals surface area (Å²) < 4.78 is 5.45. The normalized spacial score (nSPS) is 10.7. The number of carbonyl (C=O) groups is 1. The van der Waals surface area contributed by atoms with E-state index in [0.717, 1.165) is 16.8 Å². The molecular formula is C16H17N5OS. The van der Waals surface area contributed by atoms with Crippen LogP contribution in [0.15, 0.2) is 49.1 Å². The molecule has 0 saturated heterocycles. The zero-order valence-corrected chi connectivity index (χ0v) is 13.7. The van der Waals surface area contributed by atoms with Crippen LogP contribution >= 0.6 is 12.2 Å². The van der Waals surface area contributed by atoms with Crippen molar-refractivity contribution in [2.45, 2.75) is 20.4 Å². The molecule has 0 unspecified atom stereocenters. The van der Waals surface area contributed by atoms with Gasteiger partial charge in [-0.15, -0.1) is 0 Å². The van der Waals surface area contributed by atoms with Crippen LogP contribution in [0.4, 0.5) is 5.69 Å². The van der Waals surface area contributed by atoms with E-state index < -0.39 is 0 Å². The van der Waals surface area contributed by atoms with E-state index in [-0.39, 0.29) is 12.5 Å². The highest BCUT2D eigenvalue weighted by Crippen LogP contribution is 2.17. The fraction of sp³-hybridized carbons (Fsp3) is 0.188. The van der Waals surface area contributed by atoms with Crippen LogP contribution in [-0.4, -0.2) is 25.0 Å². The van der Waals surface area contributed by atoms with Gasteiger partial charge in [-0.25, -0.2) is 9.36 Å². The van der Waals surface area contributed by atoms with E-state index >= 15 is 0 Å². The molecular weight excluding hydrogens is 310 g/mol. The van der Waals surface area contributed by atoms with Gasteiger partial charge in [0.05, 0.1) is 0 Å². The van der Waals surface area contributed by atoms with Crippen LogP contribution in [0.25, 0.3) is 0 Å². The molecule has 0 aliphatic rings. The van der Waals surface area contributed by atoms with Gasteiger partial charge in [-0.2, -0.15) is 5.10 Å². The molecule has 1 aromatic carbocycles. The van der Waals surface area contributed by atoms with Crippen LogP contribution in [0.1, 0.15) is 11.1 Å². The Morgan fingerprint density at radius 1 is 1.22 bits per heavy atom. The molecule has 0 aliphatic carbocycles. The lowest BCUT2D eigenvalue weighted by Gasteiger charge is -2.10. The van der Waals surface area contributed by atoms with Gasteiger partial charge in [0, 0.05) is 18.1 Å². The summed E-state index contributed by atoms with van der Waals surface area (Å²) >= 11 is 5.37. The lowest BCUT2D eigenvalue weighted by Crippen LogP contribution is -2.20. The van der Waals surface area contributed by atoms with E-state index in [1.807, 2.05) is 56.6 Å². The molecule has 23 heavy (non-hydrogen) atoms. The van der Waals surface area contributed by atoms with Crippen molar-refractivity contribution in [2.24, 2.45) is 0 Å². The average molecular weight is 327 g/mol. The Morgan fingerprint density at radius 2 is 1.96 bits per heavy atom. The second-order valence-corrected chi connectivity index (χ2v) is 5.64. The maximum absolute atomic E-state index is 12.3. The molecule has 0 atom stereocenters. The van der Waals surface area contributed by atoms with Crippen molar-refractivity contribution < 1.29 is 4.79 Å². The Kier molecular flexibility index (Phi) is 4.12. The second kappa shape index (κ2) is 6.21. The third-order valence-electron chi connectivity index (χ3n) is 3.73. The van der Waals surface area contributed by atoms with Crippen LogP contribution < -0.4 is 5.32 Å². The average Bonchev–Trinajstić information content (AvgIpc) is 3.15. The Morgan fingerprint density at radius 3 is 2.70 bits per heavy atom. The fourth-order valence-electron chi connectivity index (χ4n) is 2.28. The van der Waals surface area contributed by atoms with Gasteiger partial charge in [-0.05, 0) is 55.4 Å². The number of nitrogens with zero attached hydrogens (tertiary/aromatic N) is 4. The molecule has 0 bridgehead atoms. The number of aryl methyl sites for hydroxylation is 1. The molecule has 3 aromatic rings. The zero-order valence-electron chi connectivity index (χ0n) is 12.9. The summed E-state index contributed by atoms with van der Waals surface area (Å²) in [5.41, 5.74) is 3.00. The van der Waals surface area contributed by atoms with Gasteiger partial charge in [0.2, 0.25) is 10.7 Å². The van der Waals surface area contributed by atoms with Gasteiger partial charge >= 0.3 is 0 Å². The number of amides is 1. The first-order valence-corrected chi connectivity index (χ1v) is 7.61. The highest BCUT2D eigenvalue weighted by molar-refractivity contribution is 7.71. The van der Waals surface area contributed by atoms with E-state index in [0.29, 0.717) is 4.77 Å². The molecule has 0 fully saturated rings. The third-order valence-corrected chi connectivity index (χ3v) is 4.12. The minimum atomic E-state index is -0.160.